The molecule has 0 spiro atoms. The maximum atomic E-state index is 9.28. The van der Waals surface area contributed by atoms with E-state index in [9.17, 15) is 5.11 Å². The lowest BCUT2D eigenvalue weighted by molar-refractivity contribution is 0.282. The zero-order valence-corrected chi connectivity index (χ0v) is 11.5. The van der Waals surface area contributed by atoms with Gasteiger partial charge in [0.1, 0.15) is 11.5 Å². The van der Waals surface area contributed by atoms with Gasteiger partial charge in [-0.2, -0.15) is 0 Å². The smallest absolute Gasteiger partial charge is 0.134 e. The van der Waals surface area contributed by atoms with E-state index in [0.29, 0.717) is 6.54 Å². The average Bonchev–Trinajstić information content (AvgIpc) is 3.03. The van der Waals surface area contributed by atoms with Crippen molar-refractivity contribution < 1.29 is 9.52 Å². The summed E-state index contributed by atoms with van der Waals surface area (Å²) in [6.07, 6.45) is 3.36. The van der Waals surface area contributed by atoms with Gasteiger partial charge in [-0.3, -0.25) is 4.98 Å². The largest absolute Gasteiger partial charge is 0.459 e. The number of aliphatic hydroxyl groups is 1. The lowest BCUT2D eigenvalue weighted by atomic mass is 10.2. The van der Waals surface area contributed by atoms with Gasteiger partial charge in [0.25, 0.3) is 0 Å². The van der Waals surface area contributed by atoms with Crippen LogP contribution >= 0.6 is 0 Å². The molecule has 4 heteroatoms. The van der Waals surface area contributed by atoms with E-state index in [2.05, 4.69) is 10.3 Å². The van der Waals surface area contributed by atoms with Gasteiger partial charge >= 0.3 is 0 Å². The molecule has 0 saturated heterocycles. The minimum atomic E-state index is -0.0156. The Morgan fingerprint density at radius 2 is 1.90 bits per heavy atom. The number of pyridine rings is 1. The van der Waals surface area contributed by atoms with Crippen LogP contribution in [0, 0.1) is 0 Å². The van der Waals surface area contributed by atoms with Crippen LogP contribution in [0.4, 0.5) is 5.69 Å². The highest BCUT2D eigenvalue weighted by Crippen LogP contribution is 2.22. The molecule has 2 N–H and O–H groups in total. The maximum Gasteiger partial charge on any atom is 0.134 e. The van der Waals surface area contributed by atoms with E-state index in [1.807, 2.05) is 42.5 Å². The van der Waals surface area contributed by atoms with Crippen molar-refractivity contribution >= 4 is 5.69 Å². The lowest BCUT2D eigenvalue weighted by Crippen LogP contribution is -2.02. The first-order valence-corrected chi connectivity index (χ1v) is 6.78. The Hall–Kier alpha value is -2.59. The molecule has 0 unspecified atom stereocenters. The van der Waals surface area contributed by atoms with E-state index < -0.39 is 0 Å². The maximum absolute atomic E-state index is 9.28. The molecule has 3 aromatic rings. The topological polar surface area (TPSA) is 58.3 Å². The predicted octanol–water partition coefficient (Wildman–Crippen LogP) is 3.45. The van der Waals surface area contributed by atoms with Gasteiger partial charge in [0.05, 0.1) is 25.0 Å². The third-order valence-corrected chi connectivity index (χ3v) is 3.25. The number of hydrogen-bond donors (Lipinski definition) is 2. The number of anilines is 1. The van der Waals surface area contributed by atoms with Gasteiger partial charge in [0.2, 0.25) is 0 Å². The predicted molar refractivity (Wildman–Crippen MR) is 81.6 cm³/mol. The van der Waals surface area contributed by atoms with E-state index >= 15 is 0 Å². The van der Waals surface area contributed by atoms with Crippen LogP contribution in [-0.2, 0) is 13.2 Å². The first kappa shape index (κ1) is 13.4. The van der Waals surface area contributed by atoms with Crippen molar-refractivity contribution in [2.75, 3.05) is 5.32 Å². The van der Waals surface area contributed by atoms with Gasteiger partial charge in [-0.05, 0) is 18.2 Å². The highest BCUT2D eigenvalue weighted by atomic mass is 16.3. The molecule has 0 aliphatic carbocycles. The zero-order valence-electron chi connectivity index (χ0n) is 11.5. The molecule has 0 bridgehead atoms. The fourth-order valence-corrected chi connectivity index (χ4v) is 2.13. The number of rotatable bonds is 5. The fraction of sp³-hybridized carbons (Fsp3) is 0.118. The van der Waals surface area contributed by atoms with Crippen molar-refractivity contribution in [2.24, 2.45) is 0 Å². The Bertz CT molecular complexity index is 708. The van der Waals surface area contributed by atoms with E-state index in [-0.39, 0.29) is 6.61 Å². The minimum absolute atomic E-state index is 0.0156. The number of nitrogens with one attached hydrogen (secondary N) is 1. The van der Waals surface area contributed by atoms with Crippen molar-refractivity contribution in [3.63, 3.8) is 0 Å². The summed E-state index contributed by atoms with van der Waals surface area (Å²) in [7, 11) is 0. The molecule has 21 heavy (non-hydrogen) atoms. The van der Waals surface area contributed by atoms with Gasteiger partial charge in [-0.25, -0.2) is 0 Å². The Labute approximate surface area is 123 Å². The number of benzene rings is 1. The van der Waals surface area contributed by atoms with Crippen LogP contribution in [0.1, 0.15) is 11.3 Å². The molecule has 0 aliphatic heterocycles. The summed E-state index contributed by atoms with van der Waals surface area (Å²) in [5.41, 5.74) is 2.69. The molecule has 2 aromatic heterocycles. The molecular formula is C17H16N2O2. The molecule has 2 heterocycles. The van der Waals surface area contributed by atoms with E-state index in [1.54, 1.807) is 18.5 Å². The molecule has 0 atom stereocenters. The summed E-state index contributed by atoms with van der Waals surface area (Å²) >= 11 is 0. The van der Waals surface area contributed by atoms with Crippen molar-refractivity contribution in [3.05, 3.63) is 72.2 Å². The lowest BCUT2D eigenvalue weighted by Gasteiger charge is -2.08. The normalized spacial score (nSPS) is 10.5. The number of hydrogen-bond acceptors (Lipinski definition) is 4. The number of aliphatic hydroxyl groups excluding tert-OH is 1. The summed E-state index contributed by atoms with van der Waals surface area (Å²) in [5.74, 6) is 1.68. The molecule has 0 fully saturated rings. The van der Waals surface area contributed by atoms with Crippen LogP contribution in [0.2, 0.25) is 0 Å². The van der Waals surface area contributed by atoms with Crippen LogP contribution < -0.4 is 5.32 Å². The average molecular weight is 280 g/mol. The summed E-state index contributed by atoms with van der Waals surface area (Å²) in [5, 5.41) is 12.5. The van der Waals surface area contributed by atoms with E-state index in [4.69, 9.17) is 4.42 Å². The summed E-state index contributed by atoms with van der Waals surface area (Å²) in [6.45, 7) is 0.532. The van der Waals surface area contributed by atoms with Crippen molar-refractivity contribution in [2.45, 2.75) is 13.2 Å². The molecule has 3 rings (SSSR count). The molecular weight excluding hydrogens is 264 g/mol. The van der Waals surface area contributed by atoms with Crippen LogP contribution in [0.25, 0.3) is 11.3 Å². The second-order valence-corrected chi connectivity index (χ2v) is 4.68. The van der Waals surface area contributed by atoms with Gasteiger partial charge in [0.15, 0.2) is 0 Å². The van der Waals surface area contributed by atoms with Crippen LogP contribution in [0.15, 0.2) is 65.3 Å². The molecule has 0 saturated carbocycles. The van der Waals surface area contributed by atoms with Gasteiger partial charge in [0, 0.05) is 17.3 Å². The minimum Gasteiger partial charge on any atom is -0.459 e. The van der Waals surface area contributed by atoms with Crippen molar-refractivity contribution in [3.8, 4) is 11.3 Å². The third kappa shape index (κ3) is 3.12. The molecule has 0 aliphatic rings. The molecule has 1 aromatic carbocycles. The Morgan fingerprint density at radius 3 is 2.71 bits per heavy atom. The monoisotopic (exact) mass is 280 g/mol. The van der Waals surface area contributed by atoms with Crippen molar-refractivity contribution in [1.29, 1.82) is 0 Å². The Balaban J connectivity index is 1.71. The first-order chi connectivity index (χ1) is 10.4. The highest BCUT2D eigenvalue weighted by Gasteiger charge is 2.05. The fourth-order valence-electron chi connectivity index (χ4n) is 2.13. The summed E-state index contributed by atoms with van der Waals surface area (Å²) in [6, 6.07) is 15.7. The first-order valence-electron chi connectivity index (χ1n) is 6.78. The molecule has 0 radical (unpaired) electrons. The number of aromatic nitrogens is 1. The van der Waals surface area contributed by atoms with Gasteiger partial charge in [-0.15, -0.1) is 0 Å². The number of furan rings is 1. The van der Waals surface area contributed by atoms with E-state index in [0.717, 1.165) is 28.3 Å². The molecule has 4 nitrogen and oxygen atoms in total. The zero-order chi connectivity index (χ0) is 14.5. The third-order valence-electron chi connectivity index (χ3n) is 3.25. The van der Waals surface area contributed by atoms with Crippen LogP contribution in [0.5, 0.6) is 0 Å². The SMILES string of the molecule is OCc1ccncc1NCc1ccc(-c2ccccc2)o1. The second kappa shape index (κ2) is 6.24. The Morgan fingerprint density at radius 1 is 1.05 bits per heavy atom. The molecule has 106 valence electrons. The van der Waals surface area contributed by atoms with Gasteiger partial charge < -0.3 is 14.8 Å². The number of nitrogens with zero attached hydrogens (tertiary/aromatic N) is 1. The highest BCUT2D eigenvalue weighted by molar-refractivity contribution is 5.57. The standard InChI is InChI=1S/C17H16N2O2/c20-12-14-8-9-18-11-16(14)19-10-15-6-7-17(21-15)13-4-2-1-3-5-13/h1-9,11,19-20H,10,12H2. The van der Waals surface area contributed by atoms with Crippen LogP contribution in [0.3, 0.4) is 0 Å². The van der Waals surface area contributed by atoms with Gasteiger partial charge in [-0.1, -0.05) is 30.3 Å². The molecule has 0 amide bonds. The summed E-state index contributed by atoms with van der Waals surface area (Å²) in [4.78, 5) is 4.05. The van der Waals surface area contributed by atoms with Crippen molar-refractivity contribution in [1.82, 2.24) is 4.98 Å². The Kier molecular flexibility index (Phi) is 3.98. The quantitative estimate of drug-likeness (QED) is 0.751. The second-order valence-electron chi connectivity index (χ2n) is 4.68. The van der Waals surface area contributed by atoms with E-state index in [1.165, 1.54) is 0 Å². The summed E-state index contributed by atoms with van der Waals surface area (Å²) < 4.78 is 5.82. The van der Waals surface area contributed by atoms with Crippen LogP contribution in [-0.4, -0.2) is 10.1 Å².